The highest BCUT2D eigenvalue weighted by atomic mass is 15.2. The van der Waals surface area contributed by atoms with Gasteiger partial charge in [-0.2, -0.15) is 0 Å². The number of rotatable bonds is 3. The van der Waals surface area contributed by atoms with E-state index in [0.29, 0.717) is 6.04 Å². The van der Waals surface area contributed by atoms with Crippen LogP contribution in [0.4, 0.5) is 0 Å². The molecule has 1 saturated carbocycles. The molecule has 0 bridgehead atoms. The molecule has 94 valence electrons. The first-order valence-electron chi connectivity index (χ1n) is 7.24. The fourth-order valence-electron chi connectivity index (χ4n) is 3.13. The van der Waals surface area contributed by atoms with Gasteiger partial charge in [0.25, 0.3) is 0 Å². The molecule has 2 nitrogen and oxygen atoms in total. The Labute approximate surface area is 101 Å². The van der Waals surface area contributed by atoms with Crippen molar-refractivity contribution >= 4 is 0 Å². The molecule has 4 atom stereocenters. The average molecular weight is 224 g/mol. The molecule has 1 heterocycles. The summed E-state index contributed by atoms with van der Waals surface area (Å²) in [5, 5.41) is 3.75. The van der Waals surface area contributed by atoms with Crippen LogP contribution in [0.5, 0.6) is 0 Å². The van der Waals surface area contributed by atoms with Crippen LogP contribution in [0.25, 0.3) is 0 Å². The summed E-state index contributed by atoms with van der Waals surface area (Å²) in [5.41, 5.74) is 0. The van der Waals surface area contributed by atoms with Crippen LogP contribution in [0, 0.1) is 5.92 Å². The highest BCUT2D eigenvalue weighted by Gasteiger charge is 2.40. The summed E-state index contributed by atoms with van der Waals surface area (Å²) in [6, 6.07) is 2.39. The molecule has 0 aromatic carbocycles. The van der Waals surface area contributed by atoms with Gasteiger partial charge in [0.05, 0.1) is 0 Å². The standard InChI is InChI=1S/C14H28N2/c1-4-12-10-14(12)16-8-6-11(3)15-13(5-2)7-9-16/h11-15H,4-10H2,1-3H3. The summed E-state index contributed by atoms with van der Waals surface area (Å²) in [6.45, 7) is 9.62. The monoisotopic (exact) mass is 224 g/mol. The molecule has 0 radical (unpaired) electrons. The van der Waals surface area contributed by atoms with Crippen molar-refractivity contribution < 1.29 is 0 Å². The lowest BCUT2D eigenvalue weighted by Gasteiger charge is -2.32. The Kier molecular flexibility index (Phi) is 4.26. The van der Waals surface area contributed by atoms with Crippen LogP contribution >= 0.6 is 0 Å². The van der Waals surface area contributed by atoms with Gasteiger partial charge in [-0.1, -0.05) is 20.3 Å². The van der Waals surface area contributed by atoms with Crippen LogP contribution in [-0.2, 0) is 0 Å². The zero-order valence-corrected chi connectivity index (χ0v) is 11.2. The molecular formula is C14H28N2. The van der Waals surface area contributed by atoms with E-state index in [2.05, 4.69) is 31.0 Å². The van der Waals surface area contributed by atoms with Gasteiger partial charge in [-0.15, -0.1) is 0 Å². The minimum Gasteiger partial charge on any atom is -0.311 e. The van der Waals surface area contributed by atoms with Crippen molar-refractivity contribution in [3.8, 4) is 0 Å². The van der Waals surface area contributed by atoms with Gasteiger partial charge in [0.15, 0.2) is 0 Å². The first-order valence-corrected chi connectivity index (χ1v) is 7.24. The predicted octanol–water partition coefficient (Wildman–Crippen LogP) is 2.64. The molecule has 0 amide bonds. The topological polar surface area (TPSA) is 15.3 Å². The van der Waals surface area contributed by atoms with Crippen molar-refractivity contribution in [2.75, 3.05) is 13.1 Å². The van der Waals surface area contributed by atoms with Crippen LogP contribution < -0.4 is 5.32 Å². The van der Waals surface area contributed by atoms with E-state index < -0.39 is 0 Å². The van der Waals surface area contributed by atoms with E-state index in [1.165, 1.54) is 45.2 Å². The van der Waals surface area contributed by atoms with Gasteiger partial charge in [-0.05, 0) is 51.6 Å². The Morgan fingerprint density at radius 3 is 2.50 bits per heavy atom. The minimum absolute atomic E-state index is 0.701. The fourth-order valence-corrected chi connectivity index (χ4v) is 3.13. The Morgan fingerprint density at radius 2 is 1.88 bits per heavy atom. The van der Waals surface area contributed by atoms with Crippen LogP contribution in [0.15, 0.2) is 0 Å². The SMILES string of the molecule is CCC1CCN(C2CC2CC)CCC(C)N1. The quantitative estimate of drug-likeness (QED) is 0.793. The fraction of sp³-hybridized carbons (Fsp3) is 1.00. The van der Waals surface area contributed by atoms with Crippen LogP contribution in [0.3, 0.4) is 0 Å². The lowest BCUT2D eigenvalue weighted by Crippen LogP contribution is -2.44. The average Bonchev–Trinajstić information content (AvgIpc) is 3.03. The van der Waals surface area contributed by atoms with E-state index in [9.17, 15) is 0 Å². The second kappa shape index (κ2) is 5.50. The third kappa shape index (κ3) is 2.98. The Morgan fingerprint density at radius 1 is 1.12 bits per heavy atom. The van der Waals surface area contributed by atoms with Gasteiger partial charge in [0.2, 0.25) is 0 Å². The smallest absolute Gasteiger partial charge is 0.0127 e. The molecule has 1 aliphatic carbocycles. The molecule has 4 unspecified atom stereocenters. The van der Waals surface area contributed by atoms with Crippen molar-refractivity contribution in [3.63, 3.8) is 0 Å². The second-order valence-electron chi connectivity index (χ2n) is 5.76. The zero-order chi connectivity index (χ0) is 11.5. The largest absolute Gasteiger partial charge is 0.311 e. The van der Waals surface area contributed by atoms with E-state index in [1.54, 1.807) is 0 Å². The molecule has 0 aromatic heterocycles. The van der Waals surface area contributed by atoms with Gasteiger partial charge in [-0.3, -0.25) is 4.90 Å². The molecule has 1 aliphatic heterocycles. The molecule has 2 rings (SSSR count). The summed E-state index contributed by atoms with van der Waals surface area (Å²) in [6.07, 6.45) is 6.79. The molecule has 0 aromatic rings. The normalized spacial score (nSPS) is 41.4. The summed E-state index contributed by atoms with van der Waals surface area (Å²) in [4.78, 5) is 2.77. The second-order valence-corrected chi connectivity index (χ2v) is 5.76. The lowest BCUT2D eigenvalue weighted by atomic mass is 10.1. The highest BCUT2D eigenvalue weighted by molar-refractivity contribution is 4.95. The van der Waals surface area contributed by atoms with Crippen molar-refractivity contribution in [2.24, 2.45) is 5.92 Å². The van der Waals surface area contributed by atoms with E-state index >= 15 is 0 Å². The Hall–Kier alpha value is -0.0800. The van der Waals surface area contributed by atoms with Gasteiger partial charge >= 0.3 is 0 Å². The van der Waals surface area contributed by atoms with Crippen molar-refractivity contribution in [3.05, 3.63) is 0 Å². The minimum atomic E-state index is 0.701. The summed E-state index contributed by atoms with van der Waals surface area (Å²) in [7, 11) is 0. The number of hydrogen-bond acceptors (Lipinski definition) is 2. The van der Waals surface area contributed by atoms with Gasteiger partial charge in [0, 0.05) is 18.1 Å². The molecule has 2 fully saturated rings. The molecule has 2 aliphatic rings. The van der Waals surface area contributed by atoms with E-state index in [-0.39, 0.29) is 0 Å². The first kappa shape index (κ1) is 12.4. The maximum atomic E-state index is 3.75. The van der Waals surface area contributed by atoms with E-state index in [4.69, 9.17) is 0 Å². The van der Waals surface area contributed by atoms with E-state index in [0.717, 1.165) is 18.0 Å². The maximum absolute atomic E-state index is 3.75. The Balaban J connectivity index is 1.85. The van der Waals surface area contributed by atoms with Crippen molar-refractivity contribution in [2.45, 2.75) is 71.0 Å². The van der Waals surface area contributed by atoms with Crippen molar-refractivity contribution in [1.82, 2.24) is 10.2 Å². The Bertz CT molecular complexity index is 217. The highest BCUT2D eigenvalue weighted by Crippen LogP contribution is 2.38. The molecule has 1 saturated heterocycles. The van der Waals surface area contributed by atoms with Crippen molar-refractivity contribution in [1.29, 1.82) is 0 Å². The number of nitrogens with zero attached hydrogens (tertiary/aromatic N) is 1. The molecular weight excluding hydrogens is 196 g/mol. The zero-order valence-electron chi connectivity index (χ0n) is 11.2. The summed E-state index contributed by atoms with van der Waals surface area (Å²) < 4.78 is 0. The van der Waals surface area contributed by atoms with Crippen LogP contribution in [-0.4, -0.2) is 36.1 Å². The maximum Gasteiger partial charge on any atom is 0.0127 e. The number of hydrogen-bond donors (Lipinski definition) is 1. The summed E-state index contributed by atoms with van der Waals surface area (Å²) in [5.74, 6) is 1.02. The lowest BCUT2D eigenvalue weighted by molar-refractivity contribution is 0.197. The van der Waals surface area contributed by atoms with E-state index in [1.807, 2.05) is 0 Å². The third-order valence-electron chi connectivity index (χ3n) is 4.51. The number of nitrogens with one attached hydrogen (secondary N) is 1. The molecule has 1 N–H and O–H groups in total. The van der Waals surface area contributed by atoms with Gasteiger partial charge in [0.1, 0.15) is 0 Å². The summed E-state index contributed by atoms with van der Waals surface area (Å²) >= 11 is 0. The van der Waals surface area contributed by atoms with Crippen LogP contribution in [0.1, 0.15) is 52.9 Å². The molecule has 16 heavy (non-hydrogen) atoms. The molecule has 2 heteroatoms. The van der Waals surface area contributed by atoms with Crippen LogP contribution in [0.2, 0.25) is 0 Å². The van der Waals surface area contributed by atoms with Gasteiger partial charge in [-0.25, -0.2) is 0 Å². The molecule has 0 spiro atoms. The van der Waals surface area contributed by atoms with Gasteiger partial charge < -0.3 is 5.32 Å². The first-order chi connectivity index (χ1) is 7.74. The third-order valence-corrected chi connectivity index (χ3v) is 4.51. The predicted molar refractivity (Wildman–Crippen MR) is 69.7 cm³/mol.